The van der Waals surface area contributed by atoms with Crippen LogP contribution in [0.4, 0.5) is 10.2 Å². The molecule has 0 aliphatic rings. The number of nitrogens with two attached hydrogens (primary N) is 1. The van der Waals surface area contributed by atoms with Crippen LogP contribution in [-0.4, -0.2) is 30.2 Å². The standard InChI is InChI=1S/C13H11FIN3O3/c1-20-10-9(13(19)21-2)17-12(18-11(10)16)6-3-4-8(15)7(14)5-6/h3-5H,1-2H3,(H2,16,17,18). The van der Waals surface area contributed by atoms with Crippen LogP contribution in [0.15, 0.2) is 18.2 Å². The lowest BCUT2D eigenvalue weighted by Gasteiger charge is -2.10. The molecule has 1 aromatic heterocycles. The molecule has 0 aliphatic carbocycles. The van der Waals surface area contributed by atoms with E-state index in [4.69, 9.17) is 10.5 Å². The van der Waals surface area contributed by atoms with Crippen LogP contribution in [0, 0.1) is 9.39 Å². The van der Waals surface area contributed by atoms with Gasteiger partial charge in [0.05, 0.1) is 14.2 Å². The van der Waals surface area contributed by atoms with Gasteiger partial charge in [-0.25, -0.2) is 19.2 Å². The predicted molar refractivity (Wildman–Crippen MR) is 82.4 cm³/mol. The summed E-state index contributed by atoms with van der Waals surface area (Å²) in [6.07, 6.45) is 0. The van der Waals surface area contributed by atoms with E-state index in [9.17, 15) is 9.18 Å². The molecule has 0 bridgehead atoms. The average Bonchev–Trinajstić information content (AvgIpc) is 2.48. The number of carbonyl (C=O) groups excluding carboxylic acids is 1. The molecule has 2 aromatic rings. The summed E-state index contributed by atoms with van der Waals surface area (Å²) in [6.45, 7) is 0. The number of nitrogens with zero attached hydrogens (tertiary/aromatic N) is 2. The highest BCUT2D eigenvalue weighted by Gasteiger charge is 2.21. The van der Waals surface area contributed by atoms with Crippen molar-refractivity contribution in [2.75, 3.05) is 20.0 Å². The van der Waals surface area contributed by atoms with Gasteiger partial charge in [0.15, 0.2) is 23.1 Å². The van der Waals surface area contributed by atoms with Gasteiger partial charge in [0.25, 0.3) is 0 Å². The van der Waals surface area contributed by atoms with Crippen LogP contribution < -0.4 is 10.5 Å². The number of benzene rings is 1. The van der Waals surface area contributed by atoms with Crippen LogP contribution in [0.25, 0.3) is 11.4 Å². The predicted octanol–water partition coefficient (Wildman–Crippen LogP) is 2.26. The first-order chi connectivity index (χ1) is 9.97. The molecule has 0 unspecified atom stereocenters. The van der Waals surface area contributed by atoms with E-state index in [0.29, 0.717) is 9.13 Å². The minimum atomic E-state index is -0.715. The fraction of sp³-hybridized carbons (Fsp3) is 0.154. The van der Waals surface area contributed by atoms with E-state index in [2.05, 4.69) is 14.7 Å². The van der Waals surface area contributed by atoms with Gasteiger partial charge in [0.2, 0.25) is 0 Å². The lowest BCUT2D eigenvalue weighted by Crippen LogP contribution is -2.11. The largest absolute Gasteiger partial charge is 0.491 e. The number of aromatic nitrogens is 2. The Kier molecular flexibility index (Phi) is 4.56. The number of esters is 1. The second kappa shape index (κ2) is 6.20. The Labute approximate surface area is 133 Å². The van der Waals surface area contributed by atoms with Crippen LogP contribution in [0.2, 0.25) is 0 Å². The van der Waals surface area contributed by atoms with Crippen molar-refractivity contribution in [3.63, 3.8) is 0 Å². The zero-order valence-corrected chi connectivity index (χ0v) is 13.3. The number of ether oxygens (including phenoxy) is 2. The Balaban J connectivity index is 2.62. The third kappa shape index (κ3) is 3.04. The maximum absolute atomic E-state index is 13.6. The normalized spacial score (nSPS) is 10.3. The van der Waals surface area contributed by atoms with Gasteiger partial charge in [-0.05, 0) is 40.8 Å². The number of nitrogen functional groups attached to an aromatic ring is 1. The van der Waals surface area contributed by atoms with Gasteiger partial charge >= 0.3 is 5.97 Å². The molecule has 0 amide bonds. The second-order valence-electron chi connectivity index (χ2n) is 3.93. The molecule has 0 saturated heterocycles. The maximum atomic E-state index is 13.6. The van der Waals surface area contributed by atoms with Crippen molar-refractivity contribution in [2.45, 2.75) is 0 Å². The summed E-state index contributed by atoms with van der Waals surface area (Å²) in [5.74, 6) is -1.01. The minimum absolute atomic E-state index is 0.0246. The van der Waals surface area contributed by atoms with Crippen molar-refractivity contribution in [1.29, 1.82) is 0 Å². The first kappa shape index (κ1) is 15.4. The van der Waals surface area contributed by atoms with Crippen molar-refractivity contribution >= 4 is 34.4 Å². The minimum Gasteiger partial charge on any atom is -0.491 e. The van der Waals surface area contributed by atoms with Crippen molar-refractivity contribution in [1.82, 2.24) is 9.97 Å². The van der Waals surface area contributed by atoms with Crippen LogP contribution >= 0.6 is 22.6 Å². The monoisotopic (exact) mass is 403 g/mol. The SMILES string of the molecule is COC(=O)c1nc(-c2ccc(I)c(F)c2)nc(N)c1OC. The zero-order chi connectivity index (χ0) is 15.6. The van der Waals surface area contributed by atoms with Crippen molar-refractivity contribution in [2.24, 2.45) is 0 Å². The molecule has 0 fully saturated rings. The zero-order valence-electron chi connectivity index (χ0n) is 11.2. The number of hydrogen-bond donors (Lipinski definition) is 1. The van der Waals surface area contributed by atoms with Gasteiger partial charge in [-0.1, -0.05) is 0 Å². The number of rotatable bonds is 3. The van der Waals surface area contributed by atoms with E-state index < -0.39 is 11.8 Å². The molecule has 110 valence electrons. The number of hydrogen-bond acceptors (Lipinski definition) is 6. The molecule has 2 rings (SSSR count). The molecular weight excluding hydrogens is 392 g/mol. The third-order valence-electron chi connectivity index (χ3n) is 2.65. The molecule has 0 atom stereocenters. The lowest BCUT2D eigenvalue weighted by atomic mass is 10.2. The molecule has 1 aromatic carbocycles. The van der Waals surface area contributed by atoms with Gasteiger partial charge < -0.3 is 15.2 Å². The van der Waals surface area contributed by atoms with Gasteiger partial charge in [0.1, 0.15) is 5.82 Å². The Bertz CT molecular complexity index is 709. The average molecular weight is 403 g/mol. The summed E-state index contributed by atoms with van der Waals surface area (Å²) in [5, 5.41) is 0. The van der Waals surface area contributed by atoms with Crippen molar-refractivity contribution < 1.29 is 18.7 Å². The summed E-state index contributed by atoms with van der Waals surface area (Å²) in [5.41, 5.74) is 6.04. The molecule has 0 saturated carbocycles. The van der Waals surface area contributed by atoms with Gasteiger partial charge in [-0.15, -0.1) is 0 Å². The number of halogens is 2. The molecular formula is C13H11FIN3O3. The van der Waals surface area contributed by atoms with Crippen LogP contribution in [-0.2, 0) is 4.74 Å². The van der Waals surface area contributed by atoms with Crippen LogP contribution in [0.5, 0.6) is 5.75 Å². The fourth-order valence-corrected chi connectivity index (χ4v) is 2.00. The third-order valence-corrected chi connectivity index (χ3v) is 3.53. The summed E-state index contributed by atoms with van der Waals surface area (Å²) in [6, 6.07) is 4.48. The molecule has 6 nitrogen and oxygen atoms in total. The highest BCUT2D eigenvalue weighted by molar-refractivity contribution is 14.1. The molecule has 0 spiro atoms. The Morgan fingerprint density at radius 2 is 2.05 bits per heavy atom. The van der Waals surface area contributed by atoms with Crippen LogP contribution in [0.3, 0.4) is 0 Å². The second-order valence-corrected chi connectivity index (χ2v) is 5.10. The molecule has 2 N–H and O–H groups in total. The molecule has 0 radical (unpaired) electrons. The van der Waals surface area contributed by atoms with E-state index in [1.54, 1.807) is 12.1 Å². The molecule has 0 aliphatic heterocycles. The van der Waals surface area contributed by atoms with Gasteiger partial charge in [-0.3, -0.25) is 0 Å². The van der Waals surface area contributed by atoms with Gasteiger partial charge in [0, 0.05) is 9.13 Å². The first-order valence-electron chi connectivity index (χ1n) is 5.73. The van der Waals surface area contributed by atoms with E-state index in [1.165, 1.54) is 20.3 Å². The number of carbonyl (C=O) groups is 1. The summed E-state index contributed by atoms with van der Waals surface area (Å²) in [4.78, 5) is 19.8. The summed E-state index contributed by atoms with van der Waals surface area (Å²) >= 11 is 1.87. The molecule has 1 heterocycles. The highest BCUT2D eigenvalue weighted by Crippen LogP contribution is 2.28. The summed E-state index contributed by atoms with van der Waals surface area (Å²) < 4.78 is 23.7. The van der Waals surface area contributed by atoms with E-state index in [0.717, 1.165) is 0 Å². The topological polar surface area (TPSA) is 87.3 Å². The first-order valence-corrected chi connectivity index (χ1v) is 6.81. The van der Waals surface area contributed by atoms with E-state index in [-0.39, 0.29) is 23.1 Å². The number of anilines is 1. The quantitative estimate of drug-likeness (QED) is 0.625. The van der Waals surface area contributed by atoms with Crippen molar-refractivity contribution in [3.8, 4) is 17.1 Å². The molecule has 21 heavy (non-hydrogen) atoms. The smallest absolute Gasteiger partial charge is 0.360 e. The van der Waals surface area contributed by atoms with Crippen molar-refractivity contribution in [3.05, 3.63) is 33.3 Å². The summed E-state index contributed by atoms with van der Waals surface area (Å²) in [7, 11) is 2.55. The molecule has 8 heteroatoms. The Morgan fingerprint density at radius 1 is 1.33 bits per heavy atom. The van der Waals surface area contributed by atoms with E-state index >= 15 is 0 Å². The Hall–Kier alpha value is -1.97. The van der Waals surface area contributed by atoms with Crippen LogP contribution in [0.1, 0.15) is 10.5 Å². The lowest BCUT2D eigenvalue weighted by molar-refractivity contribution is 0.0590. The Morgan fingerprint density at radius 3 is 2.62 bits per heavy atom. The van der Waals surface area contributed by atoms with E-state index in [1.807, 2.05) is 22.6 Å². The number of methoxy groups -OCH3 is 2. The van der Waals surface area contributed by atoms with Gasteiger partial charge in [-0.2, -0.15) is 0 Å². The highest BCUT2D eigenvalue weighted by atomic mass is 127. The fourth-order valence-electron chi connectivity index (χ4n) is 1.67. The maximum Gasteiger partial charge on any atom is 0.360 e.